The fourth-order valence-corrected chi connectivity index (χ4v) is 2.97. The van der Waals surface area contributed by atoms with Crippen LogP contribution in [0.25, 0.3) is 0 Å². The molecule has 2 atom stereocenters. The van der Waals surface area contributed by atoms with E-state index < -0.39 is 5.54 Å². The van der Waals surface area contributed by atoms with Crippen LogP contribution >= 0.6 is 23.2 Å². The van der Waals surface area contributed by atoms with Crippen molar-refractivity contribution in [3.8, 4) is 0 Å². The van der Waals surface area contributed by atoms with Crippen LogP contribution in [-0.4, -0.2) is 18.0 Å². The zero-order valence-electron chi connectivity index (χ0n) is 11.8. The van der Waals surface area contributed by atoms with Gasteiger partial charge in [0.1, 0.15) is 0 Å². The number of hydrogen-bond donors (Lipinski definition) is 2. The summed E-state index contributed by atoms with van der Waals surface area (Å²) in [6.07, 6.45) is 2.73. The molecule has 2 rings (SSSR count). The van der Waals surface area contributed by atoms with Gasteiger partial charge in [-0.05, 0) is 50.4 Å². The molecule has 0 aromatic heterocycles. The molecule has 1 fully saturated rings. The zero-order chi connectivity index (χ0) is 14.8. The van der Waals surface area contributed by atoms with E-state index >= 15 is 0 Å². The van der Waals surface area contributed by atoms with Crippen molar-refractivity contribution in [3.05, 3.63) is 33.8 Å². The molecule has 1 aromatic rings. The van der Waals surface area contributed by atoms with Crippen molar-refractivity contribution in [2.24, 2.45) is 0 Å². The number of carbonyl (C=O) groups excluding carboxylic acids is 1. The summed E-state index contributed by atoms with van der Waals surface area (Å²) in [5.41, 5.74) is 0.543. The fourth-order valence-electron chi connectivity index (χ4n) is 2.66. The second-order valence-electron chi connectivity index (χ2n) is 5.33. The van der Waals surface area contributed by atoms with Gasteiger partial charge < -0.3 is 10.6 Å². The van der Waals surface area contributed by atoms with E-state index in [1.807, 2.05) is 19.9 Å². The highest BCUT2D eigenvalue weighted by atomic mass is 35.5. The molecular weight excluding hydrogens is 295 g/mol. The molecule has 110 valence electrons. The summed E-state index contributed by atoms with van der Waals surface area (Å²) in [4.78, 5) is 12.5. The van der Waals surface area contributed by atoms with Gasteiger partial charge in [0.15, 0.2) is 0 Å². The van der Waals surface area contributed by atoms with Crippen LogP contribution in [-0.2, 0) is 4.79 Å². The van der Waals surface area contributed by atoms with Crippen LogP contribution < -0.4 is 10.6 Å². The Morgan fingerprint density at radius 3 is 2.75 bits per heavy atom. The second kappa shape index (κ2) is 6.33. The molecule has 1 aromatic carbocycles. The highest BCUT2D eigenvalue weighted by molar-refractivity contribution is 6.42. The van der Waals surface area contributed by atoms with E-state index in [9.17, 15) is 4.79 Å². The van der Waals surface area contributed by atoms with E-state index in [1.54, 1.807) is 12.1 Å². The van der Waals surface area contributed by atoms with Crippen LogP contribution in [0, 0.1) is 0 Å². The quantitative estimate of drug-likeness (QED) is 0.889. The molecule has 0 bridgehead atoms. The molecule has 1 aliphatic heterocycles. The highest BCUT2D eigenvalue weighted by Crippen LogP contribution is 2.27. The maximum absolute atomic E-state index is 12.5. The van der Waals surface area contributed by atoms with Gasteiger partial charge in [0, 0.05) is 0 Å². The molecule has 1 amide bonds. The summed E-state index contributed by atoms with van der Waals surface area (Å²) in [7, 11) is 0. The lowest BCUT2D eigenvalue weighted by molar-refractivity contribution is -0.128. The Bertz CT molecular complexity index is 499. The largest absolute Gasteiger partial charge is 0.348 e. The van der Waals surface area contributed by atoms with Crippen molar-refractivity contribution in [1.29, 1.82) is 0 Å². The van der Waals surface area contributed by atoms with Gasteiger partial charge in [-0.1, -0.05) is 36.2 Å². The van der Waals surface area contributed by atoms with E-state index in [-0.39, 0.29) is 11.9 Å². The number of carbonyl (C=O) groups is 1. The van der Waals surface area contributed by atoms with Gasteiger partial charge in [-0.25, -0.2) is 0 Å². The van der Waals surface area contributed by atoms with Gasteiger partial charge in [0.05, 0.1) is 21.6 Å². The minimum atomic E-state index is -0.412. The van der Waals surface area contributed by atoms with Crippen LogP contribution in [0.3, 0.4) is 0 Å². The Morgan fingerprint density at radius 1 is 1.45 bits per heavy atom. The summed E-state index contributed by atoms with van der Waals surface area (Å²) in [5, 5.41) is 7.44. The molecule has 5 heteroatoms. The van der Waals surface area contributed by atoms with Crippen molar-refractivity contribution in [2.45, 2.75) is 44.7 Å². The normalized spacial score (nSPS) is 23.6. The minimum absolute atomic E-state index is 0.0658. The average Bonchev–Trinajstić information content (AvgIpc) is 2.91. The maximum atomic E-state index is 12.5. The number of nitrogens with one attached hydrogen (secondary N) is 2. The van der Waals surface area contributed by atoms with E-state index in [1.165, 1.54) is 0 Å². The third-order valence-corrected chi connectivity index (χ3v) is 4.81. The Hall–Kier alpha value is -0.770. The molecule has 2 N–H and O–H groups in total. The van der Waals surface area contributed by atoms with E-state index in [0.29, 0.717) is 10.0 Å². The Balaban J connectivity index is 2.08. The van der Waals surface area contributed by atoms with E-state index in [4.69, 9.17) is 23.2 Å². The topological polar surface area (TPSA) is 41.1 Å². The molecule has 0 spiro atoms. The minimum Gasteiger partial charge on any atom is -0.348 e. The Labute approximate surface area is 130 Å². The predicted octanol–water partition coefficient (Wildman–Crippen LogP) is 3.70. The summed E-state index contributed by atoms with van der Waals surface area (Å²) < 4.78 is 0. The number of rotatable bonds is 4. The van der Waals surface area contributed by atoms with E-state index in [2.05, 4.69) is 10.6 Å². The van der Waals surface area contributed by atoms with Crippen LogP contribution in [0.2, 0.25) is 10.0 Å². The first-order valence-corrected chi connectivity index (χ1v) is 7.75. The lowest BCUT2D eigenvalue weighted by Gasteiger charge is -2.28. The van der Waals surface area contributed by atoms with Crippen LogP contribution in [0.15, 0.2) is 18.2 Å². The number of amides is 1. The van der Waals surface area contributed by atoms with Crippen LogP contribution in [0.4, 0.5) is 0 Å². The van der Waals surface area contributed by atoms with Gasteiger partial charge in [0.25, 0.3) is 0 Å². The Kier molecular flexibility index (Phi) is 4.95. The average molecular weight is 315 g/mol. The van der Waals surface area contributed by atoms with Crippen molar-refractivity contribution < 1.29 is 4.79 Å². The standard InChI is InChI=1S/C15H20Cl2N2O/c1-3-15(7-4-8-18-15)14(20)19-10(2)11-5-6-12(16)13(17)9-11/h5-6,9-10,18H,3-4,7-8H2,1-2H3,(H,19,20). The molecule has 1 aliphatic rings. The van der Waals surface area contributed by atoms with Gasteiger partial charge in [0.2, 0.25) is 5.91 Å². The summed E-state index contributed by atoms with van der Waals surface area (Å²) in [6.45, 7) is 4.90. The number of benzene rings is 1. The van der Waals surface area contributed by atoms with Crippen LogP contribution in [0.1, 0.15) is 44.7 Å². The maximum Gasteiger partial charge on any atom is 0.240 e. The van der Waals surface area contributed by atoms with Crippen LogP contribution in [0.5, 0.6) is 0 Å². The van der Waals surface area contributed by atoms with Crippen molar-refractivity contribution in [3.63, 3.8) is 0 Å². The highest BCUT2D eigenvalue weighted by Gasteiger charge is 2.39. The number of halogens is 2. The number of hydrogen-bond acceptors (Lipinski definition) is 2. The third-order valence-electron chi connectivity index (χ3n) is 4.07. The lowest BCUT2D eigenvalue weighted by Crippen LogP contribution is -2.53. The molecule has 0 saturated carbocycles. The monoisotopic (exact) mass is 314 g/mol. The molecule has 3 nitrogen and oxygen atoms in total. The van der Waals surface area contributed by atoms with Gasteiger partial charge in [-0.3, -0.25) is 4.79 Å². The first-order chi connectivity index (χ1) is 9.48. The smallest absolute Gasteiger partial charge is 0.240 e. The summed E-state index contributed by atoms with van der Waals surface area (Å²) >= 11 is 11.9. The first-order valence-electron chi connectivity index (χ1n) is 6.99. The van der Waals surface area contributed by atoms with Gasteiger partial charge in [-0.2, -0.15) is 0 Å². The lowest BCUT2D eigenvalue weighted by atomic mass is 9.92. The van der Waals surface area contributed by atoms with Gasteiger partial charge >= 0.3 is 0 Å². The molecule has 1 saturated heterocycles. The van der Waals surface area contributed by atoms with Crippen molar-refractivity contribution in [2.75, 3.05) is 6.54 Å². The van der Waals surface area contributed by atoms with Crippen molar-refractivity contribution in [1.82, 2.24) is 10.6 Å². The molecule has 20 heavy (non-hydrogen) atoms. The molecule has 0 aliphatic carbocycles. The molecule has 1 heterocycles. The molecule has 2 unspecified atom stereocenters. The fraction of sp³-hybridized carbons (Fsp3) is 0.533. The van der Waals surface area contributed by atoms with Crippen molar-refractivity contribution >= 4 is 29.1 Å². The summed E-state index contributed by atoms with van der Waals surface area (Å²) in [6, 6.07) is 5.35. The molecular formula is C15H20Cl2N2O. The summed E-state index contributed by atoms with van der Waals surface area (Å²) in [5.74, 6) is 0.0658. The van der Waals surface area contributed by atoms with Gasteiger partial charge in [-0.15, -0.1) is 0 Å². The third kappa shape index (κ3) is 3.11. The Morgan fingerprint density at radius 2 is 2.20 bits per heavy atom. The SMILES string of the molecule is CCC1(C(=O)NC(C)c2ccc(Cl)c(Cl)c2)CCCN1. The zero-order valence-corrected chi connectivity index (χ0v) is 13.3. The predicted molar refractivity (Wildman–Crippen MR) is 83.3 cm³/mol. The van der Waals surface area contributed by atoms with E-state index in [0.717, 1.165) is 31.4 Å². The molecule has 0 radical (unpaired) electrons. The second-order valence-corrected chi connectivity index (χ2v) is 6.15. The first kappa shape index (κ1) is 15.6.